The number of benzene rings is 3. The summed E-state index contributed by atoms with van der Waals surface area (Å²) in [5.74, 6) is -0.816. The maximum absolute atomic E-state index is 12.7. The van der Waals surface area contributed by atoms with Gasteiger partial charge in [0, 0.05) is 11.3 Å². The molecule has 3 aromatic carbocycles. The average molecular weight is 467 g/mol. The van der Waals surface area contributed by atoms with E-state index in [0.29, 0.717) is 29.1 Å². The van der Waals surface area contributed by atoms with Crippen molar-refractivity contribution in [3.8, 4) is 0 Å². The van der Waals surface area contributed by atoms with E-state index in [1.165, 1.54) is 18.2 Å². The fourth-order valence-corrected chi connectivity index (χ4v) is 4.10. The van der Waals surface area contributed by atoms with Crippen LogP contribution in [0.25, 0.3) is 0 Å². The predicted octanol–water partition coefficient (Wildman–Crippen LogP) is 5.01. The summed E-state index contributed by atoms with van der Waals surface area (Å²) in [6.45, 7) is 4.14. The first-order valence-corrected chi connectivity index (χ1v) is 12.1. The molecular formula is C25H26N2O5S. The molecular weight excluding hydrogens is 440 g/mol. The number of amides is 1. The van der Waals surface area contributed by atoms with Gasteiger partial charge in [-0.25, -0.2) is 13.2 Å². The van der Waals surface area contributed by atoms with Gasteiger partial charge < -0.3 is 10.1 Å². The van der Waals surface area contributed by atoms with Gasteiger partial charge in [0.2, 0.25) is 0 Å². The molecule has 0 aromatic heterocycles. The summed E-state index contributed by atoms with van der Waals surface area (Å²) in [5.41, 5.74) is 2.18. The highest BCUT2D eigenvalue weighted by atomic mass is 32.2. The highest BCUT2D eigenvalue weighted by Crippen LogP contribution is 2.22. The summed E-state index contributed by atoms with van der Waals surface area (Å²) in [6.07, 6.45) is 1.74. The molecule has 0 aliphatic rings. The maximum atomic E-state index is 12.7. The van der Waals surface area contributed by atoms with Gasteiger partial charge in [0.15, 0.2) is 0 Å². The quantitative estimate of drug-likeness (QED) is 0.341. The number of esters is 1. The number of carbonyl (C=O) groups is 2. The van der Waals surface area contributed by atoms with E-state index >= 15 is 0 Å². The molecule has 0 saturated carbocycles. The lowest BCUT2D eigenvalue weighted by Gasteiger charge is -2.13. The van der Waals surface area contributed by atoms with Crippen molar-refractivity contribution in [2.45, 2.75) is 31.6 Å². The molecule has 2 N–H and O–H groups in total. The first-order chi connectivity index (χ1) is 15.8. The predicted molar refractivity (Wildman–Crippen MR) is 128 cm³/mol. The molecule has 3 rings (SSSR count). The van der Waals surface area contributed by atoms with Crippen LogP contribution in [-0.2, 0) is 14.8 Å². The van der Waals surface area contributed by atoms with E-state index in [1.807, 2.05) is 6.92 Å². The zero-order valence-corrected chi connectivity index (χ0v) is 19.3. The minimum Gasteiger partial charge on any atom is -0.462 e. The largest absolute Gasteiger partial charge is 0.462 e. The Hall–Kier alpha value is -3.65. The highest BCUT2D eigenvalue weighted by molar-refractivity contribution is 7.92. The van der Waals surface area contributed by atoms with E-state index in [2.05, 4.69) is 10.0 Å². The van der Waals surface area contributed by atoms with Crippen LogP contribution in [0.15, 0.2) is 77.7 Å². The standard InChI is InChI=1S/C25H26N2O5S/c1-3-4-16-32-25(29)19-12-14-21(15-13-19)26-24(28)20-11-10-18(2)23(17-20)27-33(30,31)22-8-6-5-7-9-22/h5-15,17,27H,3-4,16H2,1-2H3,(H,26,28). The van der Waals surface area contributed by atoms with E-state index in [9.17, 15) is 18.0 Å². The Morgan fingerprint density at radius 2 is 1.58 bits per heavy atom. The van der Waals surface area contributed by atoms with Gasteiger partial charge in [-0.3, -0.25) is 9.52 Å². The molecule has 3 aromatic rings. The molecule has 0 saturated heterocycles. The molecule has 0 fully saturated rings. The Kier molecular flexibility index (Phi) is 7.84. The van der Waals surface area contributed by atoms with Crippen LogP contribution >= 0.6 is 0 Å². The third kappa shape index (κ3) is 6.43. The van der Waals surface area contributed by atoms with Gasteiger partial charge in [0.05, 0.1) is 22.8 Å². The van der Waals surface area contributed by atoms with Crippen LogP contribution in [0, 0.1) is 6.92 Å². The first kappa shape index (κ1) is 24.0. The van der Waals surface area contributed by atoms with Crippen molar-refractivity contribution in [1.29, 1.82) is 0 Å². The molecule has 0 radical (unpaired) electrons. The third-order valence-corrected chi connectivity index (χ3v) is 6.29. The number of rotatable bonds is 9. The molecule has 0 aliphatic heterocycles. The Balaban J connectivity index is 1.70. The lowest BCUT2D eigenvalue weighted by molar-refractivity contribution is 0.0499. The molecule has 172 valence electrons. The molecule has 1 amide bonds. The van der Waals surface area contributed by atoms with E-state index in [-0.39, 0.29) is 10.5 Å². The van der Waals surface area contributed by atoms with Crippen LogP contribution in [0.3, 0.4) is 0 Å². The Bertz CT molecular complexity index is 1220. The summed E-state index contributed by atoms with van der Waals surface area (Å²) < 4.78 is 33.0. The number of aryl methyl sites for hydroxylation is 1. The summed E-state index contributed by atoms with van der Waals surface area (Å²) >= 11 is 0. The number of anilines is 2. The van der Waals surface area contributed by atoms with Crippen LogP contribution in [0.4, 0.5) is 11.4 Å². The number of unbranched alkanes of at least 4 members (excludes halogenated alkanes) is 1. The zero-order valence-electron chi connectivity index (χ0n) is 18.5. The molecule has 0 spiro atoms. The van der Waals surface area contributed by atoms with Crippen LogP contribution in [0.5, 0.6) is 0 Å². The van der Waals surface area contributed by atoms with Gasteiger partial charge in [0.1, 0.15) is 0 Å². The normalized spacial score (nSPS) is 11.0. The lowest BCUT2D eigenvalue weighted by atomic mass is 10.1. The van der Waals surface area contributed by atoms with Crippen molar-refractivity contribution in [2.24, 2.45) is 0 Å². The number of hydrogen-bond donors (Lipinski definition) is 2. The van der Waals surface area contributed by atoms with Crippen molar-refractivity contribution in [3.05, 3.63) is 89.5 Å². The Labute approximate surface area is 193 Å². The third-order valence-electron chi connectivity index (χ3n) is 4.91. The molecule has 0 unspecified atom stereocenters. The second-order valence-electron chi connectivity index (χ2n) is 7.47. The van der Waals surface area contributed by atoms with Crippen LogP contribution in [-0.4, -0.2) is 26.9 Å². The van der Waals surface area contributed by atoms with Crippen LogP contribution < -0.4 is 10.0 Å². The molecule has 0 aliphatic carbocycles. The van der Waals surface area contributed by atoms with Crippen LogP contribution in [0.1, 0.15) is 46.0 Å². The smallest absolute Gasteiger partial charge is 0.338 e. The summed E-state index contributed by atoms with van der Waals surface area (Å²) in [6, 6.07) is 19.2. The van der Waals surface area contributed by atoms with Crippen molar-refractivity contribution in [2.75, 3.05) is 16.6 Å². The van der Waals surface area contributed by atoms with Gasteiger partial charge in [-0.2, -0.15) is 0 Å². The van der Waals surface area contributed by atoms with Gasteiger partial charge in [-0.15, -0.1) is 0 Å². The Morgan fingerprint density at radius 1 is 0.909 bits per heavy atom. The maximum Gasteiger partial charge on any atom is 0.338 e. The molecule has 7 nitrogen and oxygen atoms in total. The van der Waals surface area contributed by atoms with Crippen LogP contribution in [0.2, 0.25) is 0 Å². The minimum atomic E-state index is -3.78. The average Bonchev–Trinajstić information content (AvgIpc) is 2.81. The Morgan fingerprint density at radius 3 is 2.24 bits per heavy atom. The molecule has 0 bridgehead atoms. The number of sulfonamides is 1. The van der Waals surface area contributed by atoms with E-state index < -0.39 is 21.9 Å². The topological polar surface area (TPSA) is 102 Å². The van der Waals surface area contributed by atoms with Gasteiger partial charge in [-0.1, -0.05) is 37.6 Å². The second kappa shape index (κ2) is 10.8. The number of nitrogens with one attached hydrogen (secondary N) is 2. The number of ether oxygens (including phenoxy) is 1. The number of hydrogen-bond acceptors (Lipinski definition) is 5. The SMILES string of the molecule is CCCCOC(=O)c1ccc(NC(=O)c2ccc(C)c(NS(=O)(=O)c3ccccc3)c2)cc1. The fraction of sp³-hybridized carbons (Fsp3) is 0.200. The minimum absolute atomic E-state index is 0.132. The van der Waals surface area contributed by atoms with E-state index in [1.54, 1.807) is 61.5 Å². The fourth-order valence-electron chi connectivity index (χ4n) is 2.96. The number of carbonyl (C=O) groups excluding carboxylic acids is 2. The molecule has 33 heavy (non-hydrogen) atoms. The molecule has 8 heteroatoms. The second-order valence-corrected chi connectivity index (χ2v) is 9.15. The summed E-state index contributed by atoms with van der Waals surface area (Å²) in [4.78, 5) is 24.9. The van der Waals surface area contributed by atoms with Crippen molar-refractivity contribution in [1.82, 2.24) is 0 Å². The van der Waals surface area contributed by atoms with E-state index in [0.717, 1.165) is 12.8 Å². The summed E-state index contributed by atoms with van der Waals surface area (Å²) in [7, 11) is -3.78. The zero-order chi connectivity index (χ0) is 23.8. The van der Waals surface area contributed by atoms with Gasteiger partial charge in [-0.05, 0) is 67.4 Å². The van der Waals surface area contributed by atoms with E-state index in [4.69, 9.17) is 4.74 Å². The van der Waals surface area contributed by atoms with Gasteiger partial charge >= 0.3 is 5.97 Å². The molecule has 0 heterocycles. The van der Waals surface area contributed by atoms with Gasteiger partial charge in [0.25, 0.3) is 15.9 Å². The van der Waals surface area contributed by atoms with Crippen molar-refractivity contribution < 1.29 is 22.7 Å². The van der Waals surface area contributed by atoms with Crippen molar-refractivity contribution >= 4 is 33.3 Å². The molecule has 0 atom stereocenters. The summed E-state index contributed by atoms with van der Waals surface area (Å²) in [5, 5.41) is 2.75. The van der Waals surface area contributed by atoms with Crippen molar-refractivity contribution in [3.63, 3.8) is 0 Å². The monoisotopic (exact) mass is 466 g/mol. The highest BCUT2D eigenvalue weighted by Gasteiger charge is 2.16. The lowest BCUT2D eigenvalue weighted by Crippen LogP contribution is -2.16. The first-order valence-electron chi connectivity index (χ1n) is 10.6.